The second kappa shape index (κ2) is 19.3. The van der Waals surface area contributed by atoms with E-state index < -0.39 is 88.8 Å². The van der Waals surface area contributed by atoms with Gasteiger partial charge in [0.1, 0.15) is 29.2 Å². The fourth-order valence-corrected chi connectivity index (χ4v) is 7.79. The van der Waals surface area contributed by atoms with E-state index in [1.807, 2.05) is 18.7 Å². The first kappa shape index (κ1) is 47.2. The van der Waals surface area contributed by atoms with Crippen LogP contribution in [-0.4, -0.2) is 111 Å². The Kier molecular flexibility index (Phi) is 15.2. The van der Waals surface area contributed by atoms with Gasteiger partial charge in [-0.25, -0.2) is 0 Å². The first-order chi connectivity index (χ1) is 28.2. The fourth-order valence-electron chi connectivity index (χ4n) is 7.79. The highest BCUT2D eigenvalue weighted by Crippen LogP contribution is 2.55. The van der Waals surface area contributed by atoms with E-state index in [1.54, 1.807) is 46.8 Å². The molecule has 1 amide bonds. The van der Waals surface area contributed by atoms with E-state index in [-0.39, 0.29) is 44.5 Å². The number of ketones is 1. The maximum Gasteiger partial charge on any atom is 0.312 e. The number of anilines is 1. The molecule has 3 heterocycles. The average molecular weight is 837 g/mol. The number of amides is 1. The molecule has 60 heavy (non-hydrogen) atoms. The zero-order valence-corrected chi connectivity index (χ0v) is 36.4. The second-order valence-corrected chi connectivity index (χ2v) is 15.7. The summed E-state index contributed by atoms with van der Waals surface area (Å²) in [6, 6.07) is 0. The molecule has 0 spiro atoms. The van der Waals surface area contributed by atoms with Crippen molar-refractivity contribution in [2.24, 2.45) is 33.9 Å². The molecule has 0 fully saturated rings. The summed E-state index contributed by atoms with van der Waals surface area (Å²) in [4.78, 5) is 42.4. The third kappa shape index (κ3) is 9.30. The maximum atomic E-state index is 14.4. The Hall–Kier alpha value is -5.45. The Labute approximate surface area is 350 Å². The van der Waals surface area contributed by atoms with Crippen LogP contribution in [0.1, 0.15) is 90.7 Å². The summed E-state index contributed by atoms with van der Waals surface area (Å²) in [5.74, 6) is -8.09. The van der Waals surface area contributed by atoms with Crippen molar-refractivity contribution in [3.63, 3.8) is 0 Å². The lowest BCUT2D eigenvalue weighted by Gasteiger charge is -2.38. The molecule has 3 aliphatic heterocycles. The van der Waals surface area contributed by atoms with Crippen molar-refractivity contribution >= 4 is 46.2 Å². The number of methoxy groups -OCH3 is 1. The number of aromatic hydroxyl groups is 3. The summed E-state index contributed by atoms with van der Waals surface area (Å²) in [6.45, 7) is 19.4. The van der Waals surface area contributed by atoms with E-state index in [9.17, 15) is 39.9 Å². The van der Waals surface area contributed by atoms with Crippen molar-refractivity contribution in [2.75, 3.05) is 25.5 Å². The summed E-state index contributed by atoms with van der Waals surface area (Å²) < 4.78 is 23.6. The molecule has 5 bridgehead atoms. The predicted molar refractivity (Wildman–Crippen MR) is 227 cm³/mol. The molecule has 2 aromatic rings. The Morgan fingerprint density at radius 1 is 0.950 bits per heavy atom. The van der Waals surface area contributed by atoms with Gasteiger partial charge in [-0.3, -0.25) is 14.4 Å². The summed E-state index contributed by atoms with van der Waals surface area (Å²) in [7, 11) is 1.43. The third-order valence-corrected chi connectivity index (χ3v) is 11.6. The molecule has 3 aliphatic rings. The van der Waals surface area contributed by atoms with Gasteiger partial charge in [0.05, 0.1) is 53.0 Å². The van der Waals surface area contributed by atoms with Gasteiger partial charge in [0.25, 0.3) is 11.7 Å². The normalized spacial score (nSPS) is 30.1. The van der Waals surface area contributed by atoms with Crippen LogP contribution in [0.2, 0.25) is 0 Å². The van der Waals surface area contributed by atoms with Crippen molar-refractivity contribution in [1.29, 1.82) is 0 Å². The Morgan fingerprint density at radius 3 is 2.20 bits per heavy atom. The van der Waals surface area contributed by atoms with E-state index in [1.165, 1.54) is 53.2 Å². The molecular formula is C44H60N4O12. The standard InChI is InChI=1S/C44H60N4O12/c1-13-48(14-2)27(9)47-45-20-29-34-39(54)32-31(38(29)53)33-41(26(8)37(32)52)60-44(11,42(33)55)58-19-18-30(57-12)23(5)40(59-28(10)49)25(7)36(51)24(6)35(50)21(3)16-15-17-22(4)43(56)46-34/h15-21,23-25,30,35-36,40,50-54H,13-14H2,1-12H3,(H,46,56)/b16-15-,19-18-,22-17-,45-20?,47-27?/t21-,23+,24+,25+,30-,35-,36+,40+,44-/m0/s1. The number of nitrogens with zero attached hydrogens (tertiary/aromatic N) is 3. The van der Waals surface area contributed by atoms with Crippen LogP contribution < -0.4 is 10.1 Å². The van der Waals surface area contributed by atoms with Gasteiger partial charge in [0, 0.05) is 74.2 Å². The highest BCUT2D eigenvalue weighted by molar-refractivity contribution is 6.23. The van der Waals surface area contributed by atoms with E-state index in [2.05, 4.69) is 15.5 Å². The van der Waals surface area contributed by atoms with Crippen LogP contribution in [0.5, 0.6) is 23.0 Å². The number of hydrogen-bond donors (Lipinski definition) is 6. The molecule has 0 saturated heterocycles. The molecule has 0 aliphatic carbocycles. The van der Waals surface area contributed by atoms with Crippen LogP contribution in [0.15, 0.2) is 46.3 Å². The maximum absolute atomic E-state index is 14.4. The number of rotatable bonds is 6. The van der Waals surface area contributed by atoms with Crippen LogP contribution in [0.3, 0.4) is 0 Å². The number of carbonyl (C=O) groups is 3. The number of aliphatic hydroxyl groups is 2. The number of ether oxygens (including phenoxy) is 4. The molecule has 2 aromatic carbocycles. The fraction of sp³-hybridized carbons (Fsp3) is 0.523. The molecule has 0 unspecified atom stereocenters. The number of nitrogens with one attached hydrogen (secondary N) is 1. The number of esters is 1. The van der Waals surface area contributed by atoms with Gasteiger partial charge >= 0.3 is 11.8 Å². The number of amidine groups is 1. The number of carbonyl (C=O) groups excluding carboxylic acids is 3. The predicted octanol–water partition coefficient (Wildman–Crippen LogP) is 5.85. The first-order valence-electron chi connectivity index (χ1n) is 20.1. The summed E-state index contributed by atoms with van der Waals surface area (Å²) in [5.41, 5.74) is -0.591. The van der Waals surface area contributed by atoms with E-state index in [0.29, 0.717) is 18.9 Å². The minimum atomic E-state index is -2.07. The van der Waals surface area contributed by atoms with E-state index >= 15 is 0 Å². The molecule has 6 N–H and O–H groups in total. The Morgan fingerprint density at radius 2 is 1.60 bits per heavy atom. The minimum Gasteiger partial charge on any atom is -0.507 e. The highest BCUT2D eigenvalue weighted by atomic mass is 16.7. The quantitative estimate of drug-likeness (QED) is 0.0502. The number of fused-ring (bicyclic) bond motifs is 14. The number of phenolic OH excluding ortho intramolecular Hbond substituents is 3. The van der Waals surface area contributed by atoms with Gasteiger partial charge in [0.2, 0.25) is 0 Å². The topological polar surface area (TPSA) is 229 Å². The van der Waals surface area contributed by atoms with Crippen molar-refractivity contribution in [3.8, 4) is 23.0 Å². The van der Waals surface area contributed by atoms with E-state index in [0.717, 1.165) is 6.21 Å². The summed E-state index contributed by atoms with van der Waals surface area (Å²) in [6.07, 6.45) is 4.58. The van der Waals surface area contributed by atoms with Crippen molar-refractivity contribution in [1.82, 2.24) is 4.90 Å². The molecule has 328 valence electrons. The van der Waals surface area contributed by atoms with Crippen LogP contribution in [0.4, 0.5) is 5.69 Å². The number of allylic oxidation sites excluding steroid dienone is 2. The monoisotopic (exact) mass is 836 g/mol. The largest absolute Gasteiger partial charge is 0.507 e. The van der Waals surface area contributed by atoms with Gasteiger partial charge in [-0.2, -0.15) is 5.10 Å². The number of benzene rings is 2. The summed E-state index contributed by atoms with van der Waals surface area (Å²) >= 11 is 0. The lowest BCUT2D eigenvalue weighted by atomic mass is 9.78. The highest BCUT2D eigenvalue weighted by Gasteiger charge is 2.50. The second-order valence-electron chi connectivity index (χ2n) is 15.7. The van der Waals surface area contributed by atoms with E-state index in [4.69, 9.17) is 18.9 Å². The molecule has 16 nitrogen and oxygen atoms in total. The van der Waals surface area contributed by atoms with Crippen LogP contribution >= 0.6 is 0 Å². The minimum absolute atomic E-state index is 0.0347. The number of phenols is 3. The van der Waals surface area contributed by atoms with Crippen molar-refractivity contribution in [3.05, 3.63) is 52.8 Å². The zero-order valence-electron chi connectivity index (χ0n) is 36.4. The smallest absolute Gasteiger partial charge is 0.312 e. The molecule has 5 rings (SSSR count). The third-order valence-electron chi connectivity index (χ3n) is 11.6. The van der Waals surface area contributed by atoms with Crippen molar-refractivity contribution < 1.29 is 58.9 Å². The molecular weight excluding hydrogens is 776 g/mol. The number of hydrogen-bond acceptors (Lipinski definition) is 14. The number of Topliss-reactive ketones (excluding diaryl/α,β-unsaturated/α-hetero) is 1. The summed E-state index contributed by atoms with van der Waals surface area (Å²) in [5, 5.41) is 68.7. The molecule has 0 radical (unpaired) electrons. The Balaban J connectivity index is 2.00. The van der Waals surface area contributed by atoms with Crippen LogP contribution in [0.25, 0.3) is 10.8 Å². The van der Waals surface area contributed by atoms with Crippen LogP contribution in [0, 0.1) is 30.6 Å². The SMILES string of the molecule is CCN(CC)C(C)=NN=Cc1c2c(O)c3c(O)c(C)c4c(c3c1O)C(=O)[C@@](C)(O/C=C\[C@H](OC)[C@@H](C)[C@@H](OC(C)=O)[C@H](C)[C@H](O)[C@H](C)[C@@H](O)[C@@H](C)/C=C\C=C(\C)C(=O)N2)O4. The molecule has 0 saturated carbocycles. The van der Waals surface area contributed by atoms with Gasteiger partial charge in [-0.05, 0) is 40.7 Å². The molecule has 9 atom stereocenters. The Bertz CT molecular complexity index is 2120. The van der Waals surface area contributed by atoms with Gasteiger partial charge in [0.15, 0.2) is 5.75 Å². The van der Waals surface area contributed by atoms with Gasteiger partial charge < -0.3 is 54.7 Å². The molecule has 0 aromatic heterocycles. The van der Waals surface area contributed by atoms with Gasteiger partial charge in [-0.1, -0.05) is 45.9 Å². The van der Waals surface area contributed by atoms with Gasteiger partial charge in [-0.15, -0.1) is 5.10 Å². The first-order valence-corrected chi connectivity index (χ1v) is 20.1. The average Bonchev–Trinajstić information content (AvgIpc) is 3.47. The lowest BCUT2D eigenvalue weighted by molar-refractivity contribution is -0.160. The van der Waals surface area contributed by atoms with Crippen molar-refractivity contribution in [2.45, 2.75) is 106 Å². The lowest BCUT2D eigenvalue weighted by Crippen LogP contribution is -2.46. The molecule has 16 heteroatoms. The van der Waals surface area contributed by atoms with Crippen LogP contribution in [-0.2, 0) is 23.8 Å². The zero-order chi connectivity index (χ0) is 45.0. The number of aliphatic hydroxyl groups excluding tert-OH is 2.